The van der Waals surface area contributed by atoms with Gasteiger partial charge in [-0.25, -0.2) is 5.43 Å². The average molecular weight is 311 g/mol. The summed E-state index contributed by atoms with van der Waals surface area (Å²) in [5, 5.41) is 7.32. The summed E-state index contributed by atoms with van der Waals surface area (Å²) < 4.78 is 0. The number of nitrogens with one attached hydrogen (secondary N) is 2. The second-order valence-corrected chi connectivity index (χ2v) is 6.86. The smallest absolute Gasteiger partial charge is 0.243 e. The Morgan fingerprint density at radius 1 is 1.17 bits per heavy atom. The van der Waals surface area contributed by atoms with Gasteiger partial charge in [0, 0.05) is 23.4 Å². The first-order valence-electron chi connectivity index (χ1n) is 8.42. The fourth-order valence-corrected chi connectivity index (χ4v) is 4.12. The maximum absolute atomic E-state index is 12.1. The third kappa shape index (κ3) is 2.10. The van der Waals surface area contributed by atoms with Crippen LogP contribution in [0.2, 0.25) is 0 Å². The van der Waals surface area contributed by atoms with Gasteiger partial charge in [0.15, 0.2) is 0 Å². The molecule has 0 saturated heterocycles. The van der Waals surface area contributed by atoms with Crippen LogP contribution in [0.3, 0.4) is 0 Å². The molecule has 5 heteroatoms. The Kier molecular flexibility index (Phi) is 3.25. The molecule has 2 aliphatic heterocycles. The van der Waals surface area contributed by atoms with Gasteiger partial charge in [-0.05, 0) is 48.4 Å². The predicted molar refractivity (Wildman–Crippen MR) is 88.2 cm³/mol. The Labute approximate surface area is 135 Å². The van der Waals surface area contributed by atoms with Crippen LogP contribution in [0.25, 0.3) is 0 Å². The second kappa shape index (κ2) is 5.18. The van der Waals surface area contributed by atoms with Crippen molar-refractivity contribution in [1.82, 2.24) is 5.43 Å². The molecule has 0 bridgehead atoms. The number of hydrazone groups is 1. The van der Waals surface area contributed by atoms with Gasteiger partial charge in [-0.3, -0.25) is 9.59 Å². The van der Waals surface area contributed by atoms with Gasteiger partial charge in [-0.15, -0.1) is 0 Å². The molecule has 0 spiro atoms. The monoisotopic (exact) mass is 311 g/mol. The molecule has 1 fully saturated rings. The van der Waals surface area contributed by atoms with Crippen LogP contribution in [-0.2, 0) is 9.59 Å². The summed E-state index contributed by atoms with van der Waals surface area (Å²) in [5.74, 6) is 0.687. The van der Waals surface area contributed by atoms with Gasteiger partial charge < -0.3 is 5.32 Å². The molecule has 2 amide bonds. The van der Waals surface area contributed by atoms with Crippen LogP contribution in [0.4, 0.5) is 5.69 Å². The van der Waals surface area contributed by atoms with E-state index in [4.69, 9.17) is 0 Å². The molecule has 0 aromatic heterocycles. The number of nitrogens with zero attached hydrogens (tertiary/aromatic N) is 1. The lowest BCUT2D eigenvalue weighted by atomic mass is 9.68. The number of anilines is 1. The molecule has 2 heterocycles. The first-order chi connectivity index (χ1) is 11.1. The maximum Gasteiger partial charge on any atom is 0.243 e. The molecule has 1 aromatic rings. The number of hydrogen-bond donors (Lipinski definition) is 2. The average Bonchev–Trinajstić information content (AvgIpc) is 2.50. The number of fused-ring (bicyclic) bond motifs is 2. The molecule has 4 atom stereocenters. The zero-order chi connectivity index (χ0) is 16.1. The van der Waals surface area contributed by atoms with E-state index in [0.29, 0.717) is 0 Å². The lowest BCUT2D eigenvalue weighted by Gasteiger charge is -2.39. The molecule has 120 valence electrons. The first kappa shape index (κ1) is 14.4. The zero-order valence-electron chi connectivity index (χ0n) is 13.4. The summed E-state index contributed by atoms with van der Waals surface area (Å²) >= 11 is 0. The van der Waals surface area contributed by atoms with Gasteiger partial charge in [0.25, 0.3) is 0 Å². The van der Waals surface area contributed by atoms with Crippen molar-refractivity contribution in [1.29, 1.82) is 0 Å². The number of carbonyl (C=O) groups excluding carboxylic acids is 2. The van der Waals surface area contributed by atoms with E-state index in [2.05, 4.69) is 28.8 Å². The van der Waals surface area contributed by atoms with Gasteiger partial charge in [0.05, 0.1) is 5.71 Å². The van der Waals surface area contributed by atoms with Crippen LogP contribution in [0.15, 0.2) is 23.3 Å². The standard InChI is InChI=1S/C18H21N3O2/c1-3-11-9(2)17(22)19-15-7-4-10(8-14(11)15)16-12-5-6-13(12)18(23)21-20-16/h4,7-9,11-13H,3,5-6H2,1-2H3,(H,19,22)(H,21,23). The topological polar surface area (TPSA) is 70.6 Å². The van der Waals surface area contributed by atoms with Crippen molar-refractivity contribution in [2.75, 3.05) is 5.32 Å². The van der Waals surface area contributed by atoms with Crippen LogP contribution in [-0.4, -0.2) is 17.5 Å². The quantitative estimate of drug-likeness (QED) is 0.881. The third-order valence-corrected chi connectivity index (χ3v) is 5.71. The number of benzene rings is 1. The predicted octanol–water partition coefficient (Wildman–Crippen LogP) is 2.63. The van der Waals surface area contributed by atoms with Crippen molar-refractivity contribution >= 4 is 23.2 Å². The number of amides is 2. The van der Waals surface area contributed by atoms with Gasteiger partial charge in [-0.2, -0.15) is 5.10 Å². The Balaban J connectivity index is 1.74. The first-order valence-corrected chi connectivity index (χ1v) is 8.42. The Morgan fingerprint density at radius 3 is 2.65 bits per heavy atom. The fraction of sp³-hybridized carbons (Fsp3) is 0.500. The Hall–Kier alpha value is -2.17. The molecule has 2 N–H and O–H groups in total. The van der Waals surface area contributed by atoms with E-state index in [9.17, 15) is 9.59 Å². The lowest BCUT2D eigenvalue weighted by molar-refractivity contribution is -0.129. The summed E-state index contributed by atoms with van der Waals surface area (Å²) in [5.41, 5.74) is 6.82. The van der Waals surface area contributed by atoms with Crippen molar-refractivity contribution in [2.45, 2.75) is 39.0 Å². The van der Waals surface area contributed by atoms with Gasteiger partial charge in [0.1, 0.15) is 0 Å². The van der Waals surface area contributed by atoms with E-state index in [0.717, 1.165) is 36.2 Å². The molecule has 3 aliphatic rings. The van der Waals surface area contributed by atoms with Crippen molar-refractivity contribution in [2.24, 2.45) is 22.9 Å². The zero-order valence-corrected chi connectivity index (χ0v) is 13.4. The summed E-state index contributed by atoms with van der Waals surface area (Å²) in [4.78, 5) is 23.8. The van der Waals surface area contributed by atoms with Crippen molar-refractivity contribution < 1.29 is 9.59 Å². The summed E-state index contributed by atoms with van der Waals surface area (Å²) in [6.45, 7) is 4.11. The molecule has 1 aliphatic carbocycles. The Bertz CT molecular complexity index is 725. The van der Waals surface area contributed by atoms with Crippen LogP contribution in [0.1, 0.15) is 50.2 Å². The minimum atomic E-state index is -0.0211. The summed E-state index contributed by atoms with van der Waals surface area (Å²) in [6, 6.07) is 6.14. The number of hydrogen-bond acceptors (Lipinski definition) is 3. The molecular weight excluding hydrogens is 290 g/mol. The van der Waals surface area contributed by atoms with E-state index in [-0.39, 0.29) is 35.5 Å². The highest BCUT2D eigenvalue weighted by atomic mass is 16.2. The van der Waals surface area contributed by atoms with Gasteiger partial charge in [-0.1, -0.05) is 19.9 Å². The molecule has 0 radical (unpaired) electrons. The van der Waals surface area contributed by atoms with Crippen molar-refractivity contribution in [3.05, 3.63) is 29.3 Å². The normalized spacial score (nSPS) is 32.0. The van der Waals surface area contributed by atoms with E-state index < -0.39 is 0 Å². The Morgan fingerprint density at radius 2 is 1.96 bits per heavy atom. The van der Waals surface area contributed by atoms with Crippen LogP contribution in [0.5, 0.6) is 0 Å². The minimum absolute atomic E-state index is 0.0211. The summed E-state index contributed by atoms with van der Waals surface area (Å²) in [7, 11) is 0. The summed E-state index contributed by atoms with van der Waals surface area (Å²) in [6.07, 6.45) is 2.91. The molecule has 23 heavy (non-hydrogen) atoms. The molecule has 4 rings (SSSR count). The second-order valence-electron chi connectivity index (χ2n) is 6.86. The van der Waals surface area contributed by atoms with Gasteiger partial charge in [0.2, 0.25) is 11.8 Å². The van der Waals surface area contributed by atoms with E-state index in [1.165, 1.54) is 5.56 Å². The van der Waals surface area contributed by atoms with Crippen LogP contribution < -0.4 is 10.7 Å². The van der Waals surface area contributed by atoms with Crippen molar-refractivity contribution in [3.8, 4) is 0 Å². The molecule has 1 saturated carbocycles. The van der Waals surface area contributed by atoms with E-state index >= 15 is 0 Å². The maximum atomic E-state index is 12.1. The van der Waals surface area contributed by atoms with Crippen molar-refractivity contribution in [3.63, 3.8) is 0 Å². The van der Waals surface area contributed by atoms with Crippen LogP contribution in [0, 0.1) is 17.8 Å². The lowest BCUT2D eigenvalue weighted by Crippen LogP contribution is -2.48. The number of rotatable bonds is 2. The highest BCUT2D eigenvalue weighted by molar-refractivity contribution is 6.08. The highest BCUT2D eigenvalue weighted by Gasteiger charge is 2.43. The molecule has 4 unspecified atom stereocenters. The SMILES string of the molecule is CCC1c2cc(C3=NNC(=O)C4CCC34)ccc2NC(=O)C1C. The molecule has 1 aromatic carbocycles. The van der Waals surface area contributed by atoms with E-state index in [1.807, 2.05) is 19.1 Å². The third-order valence-electron chi connectivity index (χ3n) is 5.71. The van der Waals surface area contributed by atoms with Gasteiger partial charge >= 0.3 is 0 Å². The largest absolute Gasteiger partial charge is 0.326 e. The fourth-order valence-electron chi connectivity index (χ4n) is 4.12. The minimum Gasteiger partial charge on any atom is -0.326 e. The van der Waals surface area contributed by atoms with Crippen LogP contribution >= 0.6 is 0 Å². The van der Waals surface area contributed by atoms with E-state index in [1.54, 1.807) is 0 Å². The highest BCUT2D eigenvalue weighted by Crippen LogP contribution is 2.42. The molecule has 5 nitrogen and oxygen atoms in total. The molecular formula is C18H21N3O2. The number of carbonyl (C=O) groups is 2.